The normalized spacial score (nSPS) is 10.4. The fourth-order valence-corrected chi connectivity index (χ4v) is 3.46. The van der Waals surface area contributed by atoms with Crippen molar-refractivity contribution < 1.29 is 9.90 Å². The van der Waals surface area contributed by atoms with E-state index in [-0.39, 0.29) is 5.56 Å². The van der Waals surface area contributed by atoms with E-state index in [1.807, 2.05) is 17.5 Å². The van der Waals surface area contributed by atoms with E-state index in [4.69, 9.17) is 22.4 Å². The van der Waals surface area contributed by atoms with Crippen molar-refractivity contribution in [1.82, 2.24) is 0 Å². The van der Waals surface area contributed by atoms with Gasteiger partial charge in [0, 0.05) is 10.6 Å². The Hall–Kier alpha value is -1.17. The first-order valence-corrected chi connectivity index (χ1v) is 6.69. The van der Waals surface area contributed by atoms with Gasteiger partial charge in [-0.05, 0) is 23.6 Å². The zero-order chi connectivity index (χ0) is 12.4. The minimum atomic E-state index is -1.03. The highest BCUT2D eigenvalue weighted by molar-refractivity contribution is 8.01. The molecule has 0 saturated carbocycles. The molecule has 0 aliphatic carbocycles. The molecule has 6 heteroatoms. The molecule has 88 valence electrons. The summed E-state index contributed by atoms with van der Waals surface area (Å²) in [5.74, 6) is -1.03. The van der Waals surface area contributed by atoms with E-state index < -0.39 is 5.97 Å². The van der Waals surface area contributed by atoms with Gasteiger partial charge in [0.2, 0.25) is 0 Å². The predicted octanol–water partition coefficient (Wildman–Crippen LogP) is 3.83. The average Bonchev–Trinajstić information content (AvgIpc) is 2.74. The van der Waals surface area contributed by atoms with Gasteiger partial charge in [-0.3, -0.25) is 0 Å². The number of benzene rings is 1. The smallest absolute Gasteiger partial charge is 0.336 e. The van der Waals surface area contributed by atoms with Crippen LogP contribution in [0.1, 0.15) is 10.4 Å². The number of anilines is 1. The van der Waals surface area contributed by atoms with Gasteiger partial charge in [0.15, 0.2) is 0 Å². The monoisotopic (exact) mass is 285 g/mol. The van der Waals surface area contributed by atoms with E-state index >= 15 is 0 Å². The molecule has 0 amide bonds. The number of carboxylic acid groups (broad SMARTS) is 1. The summed E-state index contributed by atoms with van der Waals surface area (Å²) in [7, 11) is 0. The van der Waals surface area contributed by atoms with E-state index in [2.05, 4.69) is 0 Å². The molecule has 0 atom stereocenters. The maximum absolute atomic E-state index is 11.1. The zero-order valence-corrected chi connectivity index (χ0v) is 10.9. The number of thiophene rings is 1. The summed E-state index contributed by atoms with van der Waals surface area (Å²) in [4.78, 5) is 11.7. The second-order valence-electron chi connectivity index (χ2n) is 3.22. The van der Waals surface area contributed by atoms with Crippen LogP contribution in [0.2, 0.25) is 5.02 Å². The second kappa shape index (κ2) is 5.00. The van der Waals surface area contributed by atoms with Crippen molar-refractivity contribution in [2.75, 3.05) is 5.73 Å². The average molecular weight is 286 g/mol. The Balaban J connectivity index is 2.48. The molecule has 0 fully saturated rings. The Morgan fingerprint density at radius 3 is 2.82 bits per heavy atom. The molecule has 0 spiro atoms. The van der Waals surface area contributed by atoms with Crippen LogP contribution in [0.3, 0.4) is 0 Å². The van der Waals surface area contributed by atoms with Gasteiger partial charge in [0.25, 0.3) is 0 Å². The number of halogens is 1. The lowest BCUT2D eigenvalue weighted by molar-refractivity contribution is 0.0693. The SMILES string of the molecule is Nc1cc(Cl)c(Sc2cccs2)c(C(=O)O)c1. The van der Waals surface area contributed by atoms with Crippen LogP contribution in [0, 0.1) is 0 Å². The van der Waals surface area contributed by atoms with E-state index in [1.165, 1.54) is 29.2 Å². The maximum atomic E-state index is 11.1. The molecule has 1 heterocycles. The van der Waals surface area contributed by atoms with Crippen LogP contribution < -0.4 is 5.73 Å². The van der Waals surface area contributed by atoms with Crippen molar-refractivity contribution in [3.8, 4) is 0 Å². The maximum Gasteiger partial charge on any atom is 0.336 e. The largest absolute Gasteiger partial charge is 0.478 e. The van der Waals surface area contributed by atoms with Gasteiger partial charge in [0.1, 0.15) is 0 Å². The third-order valence-electron chi connectivity index (χ3n) is 1.99. The Morgan fingerprint density at radius 2 is 2.24 bits per heavy atom. The van der Waals surface area contributed by atoms with Crippen LogP contribution >= 0.6 is 34.7 Å². The van der Waals surface area contributed by atoms with Crippen LogP contribution in [0.4, 0.5) is 5.69 Å². The molecule has 17 heavy (non-hydrogen) atoms. The van der Waals surface area contributed by atoms with Crippen molar-refractivity contribution in [3.63, 3.8) is 0 Å². The molecule has 1 aromatic heterocycles. The highest BCUT2D eigenvalue weighted by Crippen LogP contribution is 2.39. The number of nitrogen functional groups attached to an aromatic ring is 1. The summed E-state index contributed by atoms with van der Waals surface area (Å²) in [6.45, 7) is 0. The predicted molar refractivity (Wildman–Crippen MR) is 71.3 cm³/mol. The first kappa shape index (κ1) is 12.3. The number of rotatable bonds is 3. The van der Waals surface area contributed by atoms with E-state index in [0.717, 1.165) is 4.21 Å². The molecule has 0 radical (unpaired) electrons. The third kappa shape index (κ3) is 2.74. The molecule has 0 aliphatic heterocycles. The Morgan fingerprint density at radius 1 is 1.47 bits per heavy atom. The Labute approximate surface area is 111 Å². The fraction of sp³-hybridized carbons (Fsp3) is 0. The standard InChI is InChI=1S/C11H8ClNO2S2/c12-8-5-6(13)4-7(11(14)15)10(8)17-9-2-1-3-16-9/h1-5H,13H2,(H,14,15). The summed E-state index contributed by atoms with van der Waals surface area (Å²) < 4.78 is 0.985. The number of aromatic carboxylic acids is 1. The molecule has 0 bridgehead atoms. The van der Waals surface area contributed by atoms with Gasteiger partial charge < -0.3 is 10.8 Å². The highest BCUT2D eigenvalue weighted by atomic mass is 35.5. The molecule has 2 aromatic rings. The summed E-state index contributed by atoms with van der Waals surface area (Å²) in [6, 6.07) is 6.79. The van der Waals surface area contributed by atoms with Crippen molar-refractivity contribution in [2.24, 2.45) is 0 Å². The lowest BCUT2D eigenvalue weighted by atomic mass is 10.2. The van der Waals surface area contributed by atoms with E-state index in [1.54, 1.807) is 6.07 Å². The number of nitrogens with two attached hydrogens (primary N) is 1. The Kier molecular flexibility index (Phi) is 3.61. The van der Waals surface area contributed by atoms with Crippen molar-refractivity contribution in [3.05, 3.63) is 40.2 Å². The molecule has 2 rings (SSSR count). The van der Waals surface area contributed by atoms with Crippen LogP contribution in [-0.4, -0.2) is 11.1 Å². The van der Waals surface area contributed by atoms with Gasteiger partial charge in [-0.25, -0.2) is 4.79 Å². The van der Waals surface area contributed by atoms with Crippen molar-refractivity contribution >= 4 is 46.4 Å². The van der Waals surface area contributed by atoms with Gasteiger partial charge in [-0.15, -0.1) is 11.3 Å². The fourth-order valence-electron chi connectivity index (χ4n) is 1.30. The van der Waals surface area contributed by atoms with Crippen molar-refractivity contribution in [2.45, 2.75) is 9.10 Å². The van der Waals surface area contributed by atoms with Crippen LogP contribution in [0.5, 0.6) is 0 Å². The number of carboxylic acids is 1. The molecular weight excluding hydrogens is 278 g/mol. The molecule has 3 N–H and O–H groups in total. The van der Waals surface area contributed by atoms with Crippen LogP contribution in [-0.2, 0) is 0 Å². The van der Waals surface area contributed by atoms with E-state index in [9.17, 15) is 4.79 Å². The summed E-state index contributed by atoms with van der Waals surface area (Å²) in [6.07, 6.45) is 0. The molecule has 3 nitrogen and oxygen atoms in total. The molecule has 1 aromatic carbocycles. The van der Waals surface area contributed by atoms with Gasteiger partial charge >= 0.3 is 5.97 Å². The summed E-state index contributed by atoms with van der Waals surface area (Å²) in [5, 5.41) is 11.4. The van der Waals surface area contributed by atoms with Crippen LogP contribution in [0.25, 0.3) is 0 Å². The minimum Gasteiger partial charge on any atom is -0.478 e. The van der Waals surface area contributed by atoms with E-state index in [0.29, 0.717) is 15.6 Å². The minimum absolute atomic E-state index is 0.133. The lowest BCUT2D eigenvalue weighted by Crippen LogP contribution is -2.01. The molecule has 0 aliphatic rings. The first-order chi connectivity index (χ1) is 8.08. The molecule has 0 saturated heterocycles. The number of hydrogen-bond acceptors (Lipinski definition) is 4. The number of carbonyl (C=O) groups is 1. The third-order valence-corrected chi connectivity index (χ3v) is 4.59. The topological polar surface area (TPSA) is 63.3 Å². The van der Waals surface area contributed by atoms with Crippen molar-refractivity contribution in [1.29, 1.82) is 0 Å². The Bertz CT molecular complexity index is 555. The molecular formula is C11H8ClNO2S2. The number of hydrogen-bond donors (Lipinski definition) is 2. The van der Waals surface area contributed by atoms with Gasteiger partial charge in [-0.1, -0.05) is 29.4 Å². The van der Waals surface area contributed by atoms with Gasteiger partial charge in [-0.2, -0.15) is 0 Å². The molecule has 0 unspecified atom stereocenters. The van der Waals surface area contributed by atoms with Gasteiger partial charge in [0.05, 0.1) is 14.8 Å². The quantitative estimate of drug-likeness (QED) is 0.841. The zero-order valence-electron chi connectivity index (χ0n) is 8.51. The summed E-state index contributed by atoms with van der Waals surface area (Å²) >= 11 is 8.90. The second-order valence-corrected chi connectivity index (χ2v) is 5.88. The summed E-state index contributed by atoms with van der Waals surface area (Å²) in [5.41, 5.74) is 6.07. The highest BCUT2D eigenvalue weighted by Gasteiger charge is 2.16. The van der Waals surface area contributed by atoms with Crippen LogP contribution in [0.15, 0.2) is 38.8 Å². The first-order valence-electron chi connectivity index (χ1n) is 4.61. The lowest BCUT2D eigenvalue weighted by Gasteiger charge is -2.08.